The Labute approximate surface area is 128 Å². The molecule has 4 aliphatic heterocycles. The average molecular weight is 306 g/mol. The first-order valence-corrected chi connectivity index (χ1v) is 7.67. The van der Waals surface area contributed by atoms with Crippen molar-refractivity contribution in [2.24, 2.45) is 0 Å². The van der Waals surface area contributed by atoms with E-state index in [1.165, 1.54) is 0 Å². The average Bonchev–Trinajstić information content (AvgIpc) is 2.69. The number of hydrogen-bond acceptors (Lipinski definition) is 6. The van der Waals surface area contributed by atoms with Crippen LogP contribution in [-0.2, 0) is 41.6 Å². The Morgan fingerprint density at radius 1 is 0.955 bits per heavy atom. The van der Waals surface area contributed by atoms with Gasteiger partial charge in [-0.2, -0.15) is 0 Å². The SMILES string of the molecule is CC12O[C@H]3O[C@@H]4COCc5ccccc5CO[C@H]([C@H]3O1)[C@@H]4O2. The van der Waals surface area contributed by atoms with Crippen molar-refractivity contribution < 1.29 is 28.4 Å². The highest BCUT2D eigenvalue weighted by Crippen LogP contribution is 2.46. The van der Waals surface area contributed by atoms with Crippen LogP contribution < -0.4 is 0 Å². The summed E-state index contributed by atoms with van der Waals surface area (Å²) in [5.41, 5.74) is 2.27. The fourth-order valence-corrected chi connectivity index (χ4v) is 3.66. The summed E-state index contributed by atoms with van der Waals surface area (Å²) >= 11 is 0. The molecule has 0 spiro atoms. The quantitative estimate of drug-likeness (QED) is 0.720. The van der Waals surface area contributed by atoms with Gasteiger partial charge in [0.15, 0.2) is 6.29 Å². The van der Waals surface area contributed by atoms with Crippen LogP contribution in [0.5, 0.6) is 0 Å². The van der Waals surface area contributed by atoms with E-state index < -0.39 is 12.3 Å². The maximum absolute atomic E-state index is 6.16. The molecule has 4 aliphatic rings. The van der Waals surface area contributed by atoms with Crippen LogP contribution in [0.4, 0.5) is 0 Å². The zero-order chi connectivity index (χ0) is 14.7. The molecule has 0 amide bonds. The molecule has 1 aromatic carbocycles. The van der Waals surface area contributed by atoms with E-state index in [1.807, 2.05) is 12.1 Å². The lowest BCUT2D eigenvalue weighted by molar-refractivity contribution is -0.387. The molecule has 118 valence electrons. The van der Waals surface area contributed by atoms with Crippen LogP contribution in [0.3, 0.4) is 0 Å². The lowest BCUT2D eigenvalue weighted by Gasteiger charge is -2.45. The third-order valence-electron chi connectivity index (χ3n) is 4.71. The van der Waals surface area contributed by atoms with Gasteiger partial charge in [-0.25, -0.2) is 0 Å². The van der Waals surface area contributed by atoms with Gasteiger partial charge in [-0.3, -0.25) is 4.74 Å². The zero-order valence-corrected chi connectivity index (χ0v) is 12.3. The van der Waals surface area contributed by atoms with Gasteiger partial charge < -0.3 is 23.7 Å². The summed E-state index contributed by atoms with van der Waals surface area (Å²) in [6, 6.07) is 8.14. The normalized spacial score (nSPS) is 46.3. The fraction of sp³-hybridized carbons (Fsp3) is 0.625. The number of hydrogen-bond donors (Lipinski definition) is 0. The number of ether oxygens (including phenoxy) is 6. The Morgan fingerprint density at radius 3 is 2.59 bits per heavy atom. The largest absolute Gasteiger partial charge is 0.374 e. The van der Waals surface area contributed by atoms with Crippen molar-refractivity contribution in [3.63, 3.8) is 0 Å². The van der Waals surface area contributed by atoms with Gasteiger partial charge in [0.2, 0.25) is 0 Å². The van der Waals surface area contributed by atoms with Gasteiger partial charge in [-0.1, -0.05) is 24.3 Å². The summed E-state index contributed by atoms with van der Waals surface area (Å²) in [6.07, 6.45) is -1.38. The molecule has 1 unspecified atom stereocenters. The summed E-state index contributed by atoms with van der Waals surface area (Å²) in [5.74, 6) is -1.03. The molecule has 22 heavy (non-hydrogen) atoms. The van der Waals surface area contributed by atoms with Gasteiger partial charge in [0.1, 0.15) is 24.4 Å². The summed E-state index contributed by atoms with van der Waals surface area (Å²) < 4.78 is 35.5. The molecular weight excluding hydrogens is 288 g/mol. The highest BCUT2D eigenvalue weighted by Gasteiger charge is 2.64. The van der Waals surface area contributed by atoms with Gasteiger partial charge in [0.25, 0.3) is 5.97 Å². The minimum Gasteiger partial charge on any atom is -0.374 e. The standard InChI is InChI=1S/C16H18O6/c1-16-20-12-11-8-17-6-9-4-2-3-5-10(9)7-18-13(12)14(21-16)15(19-11)22-16/h2-5,11-15H,6-8H2,1H3/t11-,12-,13+,14-,15-,16?/m1/s1. The van der Waals surface area contributed by atoms with Crippen LogP contribution in [0.2, 0.25) is 0 Å². The lowest BCUT2D eigenvalue weighted by atomic mass is 9.97. The van der Waals surface area contributed by atoms with Crippen molar-refractivity contribution in [3.05, 3.63) is 35.4 Å². The first-order valence-electron chi connectivity index (χ1n) is 7.67. The molecular formula is C16H18O6. The molecule has 3 fully saturated rings. The summed E-state index contributed by atoms with van der Waals surface area (Å²) in [7, 11) is 0. The number of benzene rings is 1. The summed E-state index contributed by atoms with van der Waals surface area (Å²) in [6.45, 7) is 3.26. The number of fused-ring (bicyclic) bond motifs is 2. The van der Waals surface area contributed by atoms with Crippen molar-refractivity contribution in [2.45, 2.75) is 56.8 Å². The molecule has 0 saturated carbocycles. The molecule has 0 aromatic heterocycles. The highest BCUT2D eigenvalue weighted by atomic mass is 17.0. The second-order valence-electron chi connectivity index (χ2n) is 6.25. The van der Waals surface area contributed by atoms with Crippen LogP contribution in [0.1, 0.15) is 18.1 Å². The fourth-order valence-electron chi connectivity index (χ4n) is 3.66. The second-order valence-corrected chi connectivity index (χ2v) is 6.25. The molecule has 5 bridgehead atoms. The second kappa shape index (κ2) is 4.74. The van der Waals surface area contributed by atoms with Crippen molar-refractivity contribution in [1.82, 2.24) is 0 Å². The van der Waals surface area contributed by atoms with Crippen molar-refractivity contribution in [2.75, 3.05) is 6.61 Å². The maximum Gasteiger partial charge on any atom is 0.283 e. The minimum absolute atomic E-state index is 0.206. The Hall–Kier alpha value is -1.02. The van der Waals surface area contributed by atoms with E-state index in [0.29, 0.717) is 19.8 Å². The Bertz CT molecular complexity index is 592. The molecule has 0 radical (unpaired) electrons. The molecule has 1 aromatic rings. The first kappa shape index (κ1) is 13.4. The minimum atomic E-state index is -1.03. The van der Waals surface area contributed by atoms with Crippen LogP contribution in [0, 0.1) is 0 Å². The van der Waals surface area contributed by atoms with Gasteiger partial charge >= 0.3 is 0 Å². The third-order valence-corrected chi connectivity index (χ3v) is 4.71. The van der Waals surface area contributed by atoms with E-state index in [0.717, 1.165) is 11.1 Å². The van der Waals surface area contributed by atoms with Crippen molar-refractivity contribution in [3.8, 4) is 0 Å². The van der Waals surface area contributed by atoms with Crippen LogP contribution in [-0.4, -0.2) is 43.3 Å². The van der Waals surface area contributed by atoms with Gasteiger partial charge in [-0.05, 0) is 11.1 Å². The van der Waals surface area contributed by atoms with Gasteiger partial charge in [-0.15, -0.1) is 0 Å². The van der Waals surface area contributed by atoms with E-state index >= 15 is 0 Å². The van der Waals surface area contributed by atoms with Crippen LogP contribution in [0.15, 0.2) is 24.3 Å². The molecule has 6 heteroatoms. The molecule has 0 N–H and O–H groups in total. The summed E-state index contributed by atoms with van der Waals surface area (Å²) in [4.78, 5) is 0. The van der Waals surface area contributed by atoms with Gasteiger partial charge in [0.05, 0.1) is 19.8 Å². The zero-order valence-electron chi connectivity index (χ0n) is 12.3. The topological polar surface area (TPSA) is 55.4 Å². The lowest BCUT2D eigenvalue weighted by Crippen LogP contribution is -2.62. The molecule has 6 atom stereocenters. The van der Waals surface area contributed by atoms with Crippen molar-refractivity contribution in [1.29, 1.82) is 0 Å². The number of rotatable bonds is 0. The van der Waals surface area contributed by atoms with E-state index in [1.54, 1.807) is 6.92 Å². The maximum atomic E-state index is 6.16. The predicted octanol–water partition coefficient (Wildman–Crippen LogP) is 1.31. The monoisotopic (exact) mass is 306 g/mol. The smallest absolute Gasteiger partial charge is 0.283 e. The first-order chi connectivity index (χ1) is 10.7. The Morgan fingerprint density at radius 2 is 1.73 bits per heavy atom. The molecule has 0 aliphatic carbocycles. The van der Waals surface area contributed by atoms with Gasteiger partial charge in [0, 0.05) is 6.92 Å². The Kier molecular flexibility index (Phi) is 2.89. The van der Waals surface area contributed by atoms with Crippen molar-refractivity contribution >= 4 is 0 Å². The summed E-state index contributed by atoms with van der Waals surface area (Å²) in [5, 5.41) is 0. The third kappa shape index (κ3) is 1.96. The van der Waals surface area contributed by atoms with E-state index in [4.69, 9.17) is 28.4 Å². The van der Waals surface area contributed by atoms with E-state index in [2.05, 4.69) is 12.1 Å². The molecule has 5 rings (SSSR count). The van der Waals surface area contributed by atoms with E-state index in [9.17, 15) is 0 Å². The van der Waals surface area contributed by atoms with E-state index in [-0.39, 0.29) is 24.4 Å². The predicted molar refractivity (Wildman–Crippen MR) is 72.6 cm³/mol. The molecule has 3 saturated heterocycles. The van der Waals surface area contributed by atoms with Crippen LogP contribution >= 0.6 is 0 Å². The Balaban J connectivity index is 1.49. The molecule has 6 nitrogen and oxygen atoms in total. The molecule has 4 heterocycles. The van der Waals surface area contributed by atoms with Crippen LogP contribution in [0.25, 0.3) is 0 Å². The highest BCUT2D eigenvalue weighted by molar-refractivity contribution is 5.26.